The highest BCUT2D eigenvalue weighted by Crippen LogP contribution is 2.22. The third kappa shape index (κ3) is 8.41. The van der Waals surface area contributed by atoms with E-state index in [1.807, 2.05) is 32.0 Å². The third-order valence-corrected chi connectivity index (χ3v) is 6.71. The monoisotopic (exact) mass is 553 g/mol. The summed E-state index contributed by atoms with van der Waals surface area (Å²) in [5.74, 6) is -1.28. The molecular formula is C32H28FN3O3S. The summed E-state index contributed by atoms with van der Waals surface area (Å²) in [4.78, 5) is 39.2. The van der Waals surface area contributed by atoms with Gasteiger partial charge in [-0.05, 0) is 97.3 Å². The lowest BCUT2D eigenvalue weighted by molar-refractivity contribution is -0.114. The first kappa shape index (κ1) is 28.3. The van der Waals surface area contributed by atoms with Crippen LogP contribution in [0, 0.1) is 19.7 Å². The van der Waals surface area contributed by atoms with Crippen molar-refractivity contribution < 1.29 is 18.8 Å². The number of thioether (sulfide) groups is 1. The number of carbonyl (C=O) groups is 3. The van der Waals surface area contributed by atoms with Gasteiger partial charge in [0.15, 0.2) is 0 Å². The molecular weight excluding hydrogens is 525 g/mol. The molecule has 0 radical (unpaired) electrons. The number of aryl methyl sites for hydroxylation is 2. The van der Waals surface area contributed by atoms with Crippen LogP contribution in [0.1, 0.15) is 27.0 Å². The summed E-state index contributed by atoms with van der Waals surface area (Å²) >= 11 is 1.38. The number of anilines is 2. The van der Waals surface area contributed by atoms with Gasteiger partial charge in [-0.25, -0.2) is 4.39 Å². The Morgan fingerprint density at radius 3 is 2.08 bits per heavy atom. The summed E-state index contributed by atoms with van der Waals surface area (Å²) in [7, 11) is 0. The molecule has 4 rings (SSSR count). The highest BCUT2D eigenvalue weighted by Gasteiger charge is 2.15. The molecule has 6 nitrogen and oxygen atoms in total. The smallest absolute Gasteiger partial charge is 0.272 e. The fraction of sp³-hybridized carbons (Fsp3) is 0.0938. The van der Waals surface area contributed by atoms with Gasteiger partial charge in [0, 0.05) is 21.8 Å². The Hall–Kier alpha value is -4.69. The Morgan fingerprint density at radius 2 is 1.43 bits per heavy atom. The predicted octanol–water partition coefficient (Wildman–Crippen LogP) is 6.58. The van der Waals surface area contributed by atoms with E-state index in [-0.39, 0.29) is 17.4 Å². The Kier molecular flexibility index (Phi) is 9.48. The quantitative estimate of drug-likeness (QED) is 0.161. The topological polar surface area (TPSA) is 87.3 Å². The fourth-order valence-electron chi connectivity index (χ4n) is 3.89. The van der Waals surface area contributed by atoms with E-state index in [2.05, 4.69) is 16.0 Å². The van der Waals surface area contributed by atoms with Gasteiger partial charge in [-0.2, -0.15) is 0 Å². The molecule has 0 saturated carbocycles. The zero-order valence-electron chi connectivity index (χ0n) is 22.0. The molecule has 0 aromatic heterocycles. The zero-order valence-corrected chi connectivity index (χ0v) is 22.8. The molecule has 0 heterocycles. The second kappa shape index (κ2) is 13.4. The predicted molar refractivity (Wildman–Crippen MR) is 159 cm³/mol. The van der Waals surface area contributed by atoms with Gasteiger partial charge in [-0.15, -0.1) is 11.8 Å². The van der Waals surface area contributed by atoms with Gasteiger partial charge in [0.1, 0.15) is 11.5 Å². The number of amides is 3. The summed E-state index contributed by atoms with van der Waals surface area (Å²) in [5.41, 5.74) is 4.38. The molecule has 4 aromatic rings. The highest BCUT2D eigenvalue weighted by molar-refractivity contribution is 8.00. The molecule has 0 bridgehead atoms. The zero-order chi connectivity index (χ0) is 28.5. The van der Waals surface area contributed by atoms with Crippen molar-refractivity contribution in [2.75, 3.05) is 16.4 Å². The second-order valence-corrected chi connectivity index (χ2v) is 10.2. The maximum absolute atomic E-state index is 13.4. The highest BCUT2D eigenvalue weighted by atomic mass is 32.2. The van der Waals surface area contributed by atoms with Crippen LogP contribution in [0.15, 0.2) is 108 Å². The van der Waals surface area contributed by atoms with Crippen LogP contribution >= 0.6 is 11.8 Å². The van der Waals surface area contributed by atoms with Crippen LogP contribution in [-0.4, -0.2) is 23.5 Å². The minimum Gasteiger partial charge on any atom is -0.325 e. The first-order valence-electron chi connectivity index (χ1n) is 12.5. The fourth-order valence-corrected chi connectivity index (χ4v) is 4.59. The van der Waals surface area contributed by atoms with Gasteiger partial charge < -0.3 is 16.0 Å². The van der Waals surface area contributed by atoms with Gasteiger partial charge in [0.2, 0.25) is 5.91 Å². The van der Waals surface area contributed by atoms with E-state index >= 15 is 0 Å². The number of benzene rings is 4. The van der Waals surface area contributed by atoms with Crippen molar-refractivity contribution in [3.05, 3.63) is 131 Å². The van der Waals surface area contributed by atoms with Crippen molar-refractivity contribution in [1.29, 1.82) is 0 Å². The Balaban J connectivity index is 1.40. The van der Waals surface area contributed by atoms with E-state index in [0.29, 0.717) is 16.8 Å². The van der Waals surface area contributed by atoms with E-state index in [1.54, 1.807) is 54.6 Å². The molecule has 0 aliphatic heterocycles. The Morgan fingerprint density at radius 1 is 0.775 bits per heavy atom. The number of hydrogen-bond acceptors (Lipinski definition) is 4. The molecule has 0 aliphatic carbocycles. The lowest BCUT2D eigenvalue weighted by Gasteiger charge is -2.12. The summed E-state index contributed by atoms with van der Waals surface area (Å²) in [5, 5.41) is 8.35. The molecule has 0 fully saturated rings. The summed E-state index contributed by atoms with van der Waals surface area (Å²) in [6.07, 6.45) is 1.48. The van der Waals surface area contributed by atoms with Crippen LogP contribution in [0.25, 0.3) is 6.08 Å². The molecule has 0 atom stereocenters. The summed E-state index contributed by atoms with van der Waals surface area (Å²) in [6.45, 7) is 3.97. The van der Waals surface area contributed by atoms with Crippen molar-refractivity contribution in [1.82, 2.24) is 5.32 Å². The Bertz CT molecular complexity index is 1520. The number of hydrogen-bond donors (Lipinski definition) is 3. The van der Waals surface area contributed by atoms with Crippen LogP contribution in [0.3, 0.4) is 0 Å². The molecule has 8 heteroatoms. The van der Waals surface area contributed by atoms with E-state index in [1.165, 1.54) is 42.1 Å². The van der Waals surface area contributed by atoms with E-state index in [4.69, 9.17) is 0 Å². The molecule has 3 N–H and O–H groups in total. The van der Waals surface area contributed by atoms with Crippen molar-refractivity contribution in [3.63, 3.8) is 0 Å². The minimum absolute atomic E-state index is 0.00182. The number of carbonyl (C=O) groups excluding carboxylic acids is 3. The van der Waals surface area contributed by atoms with Gasteiger partial charge in [-0.1, -0.05) is 36.4 Å². The van der Waals surface area contributed by atoms with Crippen LogP contribution in [0.2, 0.25) is 0 Å². The van der Waals surface area contributed by atoms with Gasteiger partial charge >= 0.3 is 0 Å². The molecule has 0 unspecified atom stereocenters. The molecule has 0 saturated heterocycles. The second-order valence-electron chi connectivity index (χ2n) is 9.12. The third-order valence-electron chi connectivity index (χ3n) is 5.70. The molecule has 3 amide bonds. The van der Waals surface area contributed by atoms with Crippen molar-refractivity contribution in [2.45, 2.75) is 18.7 Å². The molecule has 40 heavy (non-hydrogen) atoms. The van der Waals surface area contributed by atoms with Crippen LogP contribution < -0.4 is 16.0 Å². The van der Waals surface area contributed by atoms with Crippen LogP contribution in [0.4, 0.5) is 15.8 Å². The maximum atomic E-state index is 13.4. The van der Waals surface area contributed by atoms with Gasteiger partial charge in [-0.3, -0.25) is 14.4 Å². The SMILES string of the molecule is Cc1cc(C)cc(NC(=O)CSc2ccc(NC(=O)/C(=C/c3ccc(F)cc3)NC(=O)c3ccccc3)cc2)c1. The first-order chi connectivity index (χ1) is 19.2. The van der Waals surface area contributed by atoms with Crippen molar-refractivity contribution in [2.24, 2.45) is 0 Å². The number of halogens is 1. The average molecular weight is 554 g/mol. The molecule has 202 valence electrons. The number of rotatable bonds is 9. The largest absolute Gasteiger partial charge is 0.325 e. The minimum atomic E-state index is -0.540. The van der Waals surface area contributed by atoms with Gasteiger partial charge in [0.25, 0.3) is 11.8 Å². The van der Waals surface area contributed by atoms with Crippen LogP contribution in [0.5, 0.6) is 0 Å². The Labute approximate surface area is 236 Å². The lowest BCUT2D eigenvalue weighted by Crippen LogP contribution is -2.30. The van der Waals surface area contributed by atoms with Crippen molar-refractivity contribution >= 4 is 46.9 Å². The molecule has 0 spiro atoms. The summed E-state index contributed by atoms with van der Waals surface area (Å²) < 4.78 is 13.4. The van der Waals surface area contributed by atoms with E-state index in [0.717, 1.165) is 21.7 Å². The van der Waals surface area contributed by atoms with Crippen LogP contribution in [-0.2, 0) is 9.59 Å². The van der Waals surface area contributed by atoms with E-state index in [9.17, 15) is 18.8 Å². The van der Waals surface area contributed by atoms with E-state index < -0.39 is 17.6 Å². The lowest BCUT2D eigenvalue weighted by atomic mass is 10.1. The average Bonchev–Trinajstić information content (AvgIpc) is 2.93. The molecule has 0 aliphatic rings. The first-order valence-corrected chi connectivity index (χ1v) is 13.5. The summed E-state index contributed by atoms with van der Waals surface area (Å²) in [6, 6.07) is 27.0. The normalized spacial score (nSPS) is 11.0. The molecule has 4 aromatic carbocycles. The number of nitrogens with one attached hydrogen (secondary N) is 3. The standard InChI is InChI=1S/C32H28FN3O3S/c1-21-16-22(2)18-27(17-21)34-30(37)20-40-28-14-12-26(13-15-28)35-32(39)29(19-23-8-10-25(33)11-9-23)36-31(38)24-6-4-3-5-7-24/h3-19H,20H2,1-2H3,(H,34,37)(H,35,39)(H,36,38)/b29-19-. The van der Waals surface area contributed by atoms with Gasteiger partial charge in [0.05, 0.1) is 5.75 Å². The van der Waals surface area contributed by atoms with Crippen molar-refractivity contribution in [3.8, 4) is 0 Å². The maximum Gasteiger partial charge on any atom is 0.272 e.